The molecule has 0 spiro atoms. The van der Waals surface area contributed by atoms with Crippen molar-refractivity contribution in [1.82, 2.24) is 9.88 Å². The molecule has 2 aromatic rings. The number of aromatic nitrogens is 1. The minimum atomic E-state index is -4.49. The molecular formula is C18H16F4N2O2. The van der Waals surface area contributed by atoms with Gasteiger partial charge in [0.1, 0.15) is 5.82 Å². The summed E-state index contributed by atoms with van der Waals surface area (Å²) in [7, 11) is 0. The first-order chi connectivity index (χ1) is 12.2. The van der Waals surface area contributed by atoms with Crippen molar-refractivity contribution in [2.75, 3.05) is 13.1 Å². The average Bonchev–Trinajstić information content (AvgIpc) is 2.61. The van der Waals surface area contributed by atoms with E-state index in [1.165, 1.54) is 23.2 Å². The number of aliphatic hydroxyl groups is 1. The highest BCUT2D eigenvalue weighted by Gasteiger charge is 2.38. The van der Waals surface area contributed by atoms with E-state index in [0.29, 0.717) is 0 Å². The Morgan fingerprint density at radius 3 is 2.46 bits per heavy atom. The zero-order valence-corrected chi connectivity index (χ0v) is 13.6. The van der Waals surface area contributed by atoms with Crippen LogP contribution in [0.3, 0.4) is 0 Å². The van der Waals surface area contributed by atoms with Crippen LogP contribution in [0.5, 0.6) is 0 Å². The number of carbonyl (C=O) groups excluding carboxylic acids is 1. The maximum atomic E-state index is 13.2. The molecule has 1 aromatic heterocycles. The second-order valence-corrected chi connectivity index (χ2v) is 6.29. The van der Waals surface area contributed by atoms with Crippen molar-refractivity contribution in [1.29, 1.82) is 0 Å². The summed E-state index contributed by atoms with van der Waals surface area (Å²) in [6.45, 7) is 0.282. The van der Waals surface area contributed by atoms with Gasteiger partial charge >= 0.3 is 6.18 Å². The molecule has 8 heteroatoms. The SMILES string of the molecule is O=C(c1cncc(F)c1)N1CCC(O)(c2cccc(C(F)(F)F)c2)CC1. The first-order valence-electron chi connectivity index (χ1n) is 7.99. The Hall–Kier alpha value is -2.48. The number of carbonyl (C=O) groups is 1. The van der Waals surface area contributed by atoms with Crippen LogP contribution in [0.15, 0.2) is 42.7 Å². The molecule has 0 saturated carbocycles. The van der Waals surface area contributed by atoms with Gasteiger partial charge in [0.05, 0.1) is 22.9 Å². The summed E-state index contributed by atoms with van der Waals surface area (Å²) in [4.78, 5) is 17.4. The van der Waals surface area contributed by atoms with E-state index in [0.717, 1.165) is 24.4 Å². The molecule has 1 aliphatic heterocycles. The minimum absolute atomic E-state index is 0.0861. The van der Waals surface area contributed by atoms with E-state index in [-0.39, 0.29) is 37.1 Å². The molecule has 1 aliphatic rings. The van der Waals surface area contributed by atoms with Gasteiger partial charge in [-0.1, -0.05) is 12.1 Å². The second kappa shape index (κ2) is 6.68. The van der Waals surface area contributed by atoms with Crippen LogP contribution >= 0.6 is 0 Å². The molecule has 3 rings (SSSR count). The highest BCUT2D eigenvalue weighted by Crippen LogP contribution is 2.37. The van der Waals surface area contributed by atoms with Crippen LogP contribution < -0.4 is 0 Å². The van der Waals surface area contributed by atoms with Gasteiger partial charge in [-0.05, 0) is 36.6 Å². The summed E-state index contributed by atoms with van der Waals surface area (Å²) >= 11 is 0. The van der Waals surface area contributed by atoms with E-state index in [9.17, 15) is 27.5 Å². The number of nitrogens with zero attached hydrogens (tertiary/aromatic N) is 2. The zero-order valence-electron chi connectivity index (χ0n) is 13.6. The molecule has 1 amide bonds. The molecule has 0 atom stereocenters. The first kappa shape index (κ1) is 18.3. The van der Waals surface area contributed by atoms with E-state index >= 15 is 0 Å². The van der Waals surface area contributed by atoms with Gasteiger partial charge in [0.25, 0.3) is 5.91 Å². The van der Waals surface area contributed by atoms with Gasteiger partial charge < -0.3 is 10.0 Å². The Kier molecular flexibility index (Phi) is 4.70. The predicted molar refractivity (Wildman–Crippen MR) is 84.7 cm³/mol. The van der Waals surface area contributed by atoms with Crippen molar-refractivity contribution in [2.24, 2.45) is 0 Å². The molecule has 2 heterocycles. The van der Waals surface area contributed by atoms with Crippen molar-refractivity contribution < 1.29 is 27.5 Å². The molecular weight excluding hydrogens is 352 g/mol. The van der Waals surface area contributed by atoms with Crippen molar-refractivity contribution in [3.8, 4) is 0 Å². The lowest BCUT2D eigenvalue weighted by atomic mass is 9.83. The molecule has 0 aliphatic carbocycles. The van der Waals surface area contributed by atoms with Crippen molar-refractivity contribution in [3.05, 3.63) is 65.2 Å². The number of hydrogen-bond acceptors (Lipinski definition) is 3. The Labute approximate surface area is 147 Å². The lowest BCUT2D eigenvalue weighted by molar-refractivity contribution is -0.137. The number of halogens is 4. The second-order valence-electron chi connectivity index (χ2n) is 6.29. The molecule has 138 valence electrons. The van der Waals surface area contributed by atoms with Crippen LogP contribution in [0.2, 0.25) is 0 Å². The number of alkyl halides is 3. The molecule has 1 fully saturated rings. The van der Waals surface area contributed by atoms with Crippen LogP contribution in [-0.4, -0.2) is 34.0 Å². The van der Waals surface area contributed by atoms with Gasteiger partial charge in [-0.15, -0.1) is 0 Å². The van der Waals surface area contributed by atoms with E-state index in [2.05, 4.69) is 4.98 Å². The number of hydrogen-bond donors (Lipinski definition) is 1. The number of likely N-dealkylation sites (tertiary alicyclic amines) is 1. The summed E-state index contributed by atoms with van der Waals surface area (Å²) in [5.74, 6) is -1.06. The third-order valence-corrected chi connectivity index (χ3v) is 4.56. The average molecular weight is 368 g/mol. The number of pyridine rings is 1. The topological polar surface area (TPSA) is 53.4 Å². The van der Waals surface area contributed by atoms with Crippen LogP contribution in [0.4, 0.5) is 17.6 Å². The highest BCUT2D eigenvalue weighted by atomic mass is 19.4. The summed E-state index contributed by atoms with van der Waals surface area (Å²) in [6, 6.07) is 5.66. The van der Waals surface area contributed by atoms with Crippen LogP contribution in [0, 0.1) is 5.82 Å². The molecule has 1 N–H and O–H groups in total. The summed E-state index contributed by atoms with van der Waals surface area (Å²) in [6.07, 6.45) is -2.09. The number of amides is 1. The Morgan fingerprint density at radius 1 is 1.15 bits per heavy atom. The number of rotatable bonds is 2. The van der Waals surface area contributed by atoms with Gasteiger partial charge in [0, 0.05) is 19.3 Å². The van der Waals surface area contributed by atoms with Gasteiger partial charge in [-0.2, -0.15) is 13.2 Å². The van der Waals surface area contributed by atoms with Crippen LogP contribution in [0.25, 0.3) is 0 Å². The molecule has 0 unspecified atom stereocenters. The summed E-state index contributed by atoms with van der Waals surface area (Å²) < 4.78 is 51.8. The fourth-order valence-corrected chi connectivity index (χ4v) is 3.06. The maximum absolute atomic E-state index is 13.2. The molecule has 4 nitrogen and oxygen atoms in total. The van der Waals surface area contributed by atoms with Gasteiger partial charge in [-0.3, -0.25) is 9.78 Å². The van der Waals surface area contributed by atoms with Crippen molar-refractivity contribution in [3.63, 3.8) is 0 Å². The van der Waals surface area contributed by atoms with E-state index in [1.54, 1.807) is 0 Å². The number of benzene rings is 1. The predicted octanol–water partition coefficient (Wildman–Crippen LogP) is 3.36. The Bertz CT molecular complexity index is 815. The first-order valence-corrected chi connectivity index (χ1v) is 7.99. The lowest BCUT2D eigenvalue weighted by Crippen LogP contribution is -2.45. The van der Waals surface area contributed by atoms with Crippen molar-refractivity contribution >= 4 is 5.91 Å². The third kappa shape index (κ3) is 3.70. The Morgan fingerprint density at radius 2 is 1.85 bits per heavy atom. The van der Waals surface area contributed by atoms with Gasteiger partial charge in [0.15, 0.2) is 0 Å². The van der Waals surface area contributed by atoms with E-state index < -0.39 is 29.1 Å². The van der Waals surface area contributed by atoms with Crippen LogP contribution in [-0.2, 0) is 11.8 Å². The zero-order chi connectivity index (χ0) is 18.9. The third-order valence-electron chi connectivity index (χ3n) is 4.56. The summed E-state index contributed by atoms with van der Waals surface area (Å²) in [5, 5.41) is 10.8. The Balaban J connectivity index is 1.74. The number of piperidine rings is 1. The van der Waals surface area contributed by atoms with E-state index in [1.807, 2.05) is 0 Å². The largest absolute Gasteiger partial charge is 0.416 e. The fraction of sp³-hybridized carbons (Fsp3) is 0.333. The molecule has 0 radical (unpaired) electrons. The fourth-order valence-electron chi connectivity index (χ4n) is 3.06. The molecule has 26 heavy (non-hydrogen) atoms. The maximum Gasteiger partial charge on any atom is 0.416 e. The standard InChI is InChI=1S/C18H16F4N2O2/c19-15-8-12(10-23-11-15)16(25)24-6-4-17(26,5-7-24)13-2-1-3-14(9-13)18(20,21)22/h1-3,8-11,26H,4-7H2. The van der Waals surface area contributed by atoms with Crippen molar-refractivity contribution in [2.45, 2.75) is 24.6 Å². The van der Waals surface area contributed by atoms with E-state index in [4.69, 9.17) is 0 Å². The quantitative estimate of drug-likeness (QED) is 0.827. The smallest absolute Gasteiger partial charge is 0.385 e. The normalized spacial score (nSPS) is 17.2. The molecule has 0 bridgehead atoms. The lowest BCUT2D eigenvalue weighted by Gasteiger charge is -2.38. The minimum Gasteiger partial charge on any atom is -0.385 e. The monoisotopic (exact) mass is 368 g/mol. The van der Waals surface area contributed by atoms with Crippen LogP contribution in [0.1, 0.15) is 34.3 Å². The summed E-state index contributed by atoms with van der Waals surface area (Å²) in [5.41, 5.74) is -2.01. The molecule has 1 saturated heterocycles. The van der Waals surface area contributed by atoms with Gasteiger partial charge in [0.2, 0.25) is 0 Å². The highest BCUT2D eigenvalue weighted by molar-refractivity contribution is 5.94. The molecule has 1 aromatic carbocycles. The van der Waals surface area contributed by atoms with Gasteiger partial charge in [-0.25, -0.2) is 4.39 Å².